The molecule has 2 heterocycles. The summed E-state index contributed by atoms with van der Waals surface area (Å²) < 4.78 is 5.05. The molecule has 0 spiro atoms. The Bertz CT molecular complexity index is 583. The number of nitrogens with zero attached hydrogens (tertiary/aromatic N) is 1. The van der Waals surface area contributed by atoms with E-state index in [2.05, 4.69) is 13.8 Å². The van der Waals surface area contributed by atoms with Crippen LogP contribution in [0.3, 0.4) is 0 Å². The van der Waals surface area contributed by atoms with Crippen molar-refractivity contribution in [1.82, 2.24) is 4.90 Å². The summed E-state index contributed by atoms with van der Waals surface area (Å²) in [5.74, 6) is -0.454. The van der Waals surface area contributed by atoms with Gasteiger partial charge >= 0.3 is 5.97 Å². The lowest BCUT2D eigenvalue weighted by molar-refractivity contribution is -0.152. The number of methoxy groups -OCH3 is 1. The van der Waals surface area contributed by atoms with Gasteiger partial charge in [0.2, 0.25) is 0 Å². The molecule has 134 valence electrons. The second-order valence-electron chi connectivity index (χ2n) is 6.90. The Morgan fingerprint density at radius 2 is 2.21 bits per heavy atom. The third-order valence-electron chi connectivity index (χ3n) is 4.76. The standard InChI is InChI=1S/C18H27NO4S/c1-13(2)15-10-14(11-24-15)16(20)19-8-4-6-18(12-19,17(21)22)7-5-9-23-3/h10-11,13H,4-9,12H2,1-3H3,(H,21,22)/t18-/m0/s1. The smallest absolute Gasteiger partial charge is 0.311 e. The largest absolute Gasteiger partial charge is 0.481 e. The third-order valence-corrected chi connectivity index (χ3v) is 5.99. The monoisotopic (exact) mass is 353 g/mol. The van der Waals surface area contributed by atoms with E-state index in [0.29, 0.717) is 43.9 Å². The third kappa shape index (κ3) is 4.16. The summed E-state index contributed by atoms with van der Waals surface area (Å²) in [5.41, 5.74) is -0.162. The molecular weight excluding hydrogens is 326 g/mol. The topological polar surface area (TPSA) is 66.8 Å². The van der Waals surface area contributed by atoms with E-state index >= 15 is 0 Å². The average molecular weight is 353 g/mol. The second-order valence-corrected chi connectivity index (χ2v) is 7.85. The highest BCUT2D eigenvalue weighted by Crippen LogP contribution is 2.36. The zero-order valence-electron chi connectivity index (χ0n) is 14.7. The van der Waals surface area contributed by atoms with Crippen LogP contribution in [0.5, 0.6) is 0 Å². The second kappa shape index (κ2) is 8.12. The lowest BCUT2D eigenvalue weighted by Gasteiger charge is -2.40. The van der Waals surface area contributed by atoms with E-state index in [1.54, 1.807) is 23.3 Å². The van der Waals surface area contributed by atoms with E-state index in [0.717, 1.165) is 6.42 Å². The van der Waals surface area contributed by atoms with Gasteiger partial charge in [-0.2, -0.15) is 0 Å². The maximum Gasteiger partial charge on any atom is 0.311 e. The summed E-state index contributed by atoms with van der Waals surface area (Å²) >= 11 is 1.59. The summed E-state index contributed by atoms with van der Waals surface area (Å²) in [5, 5.41) is 11.6. The molecule has 1 saturated heterocycles. The summed E-state index contributed by atoms with van der Waals surface area (Å²) in [6.45, 7) is 5.67. The van der Waals surface area contributed by atoms with Crippen LogP contribution in [0.15, 0.2) is 11.4 Å². The number of hydrogen-bond donors (Lipinski definition) is 1. The molecule has 1 aromatic heterocycles. The van der Waals surface area contributed by atoms with Crippen LogP contribution in [0.1, 0.15) is 60.7 Å². The van der Waals surface area contributed by atoms with Crippen molar-refractivity contribution >= 4 is 23.2 Å². The van der Waals surface area contributed by atoms with Gasteiger partial charge in [0.25, 0.3) is 5.91 Å². The molecule has 0 bridgehead atoms. The fourth-order valence-electron chi connectivity index (χ4n) is 3.30. The van der Waals surface area contributed by atoms with Gasteiger partial charge in [0, 0.05) is 37.1 Å². The van der Waals surface area contributed by atoms with Gasteiger partial charge in [-0.3, -0.25) is 9.59 Å². The minimum absolute atomic E-state index is 0.0461. The Morgan fingerprint density at radius 1 is 1.46 bits per heavy atom. The van der Waals surface area contributed by atoms with Crippen LogP contribution in [0.25, 0.3) is 0 Å². The number of aliphatic carboxylic acids is 1. The molecule has 24 heavy (non-hydrogen) atoms. The summed E-state index contributed by atoms with van der Waals surface area (Å²) in [4.78, 5) is 27.6. The SMILES string of the molecule is COCCC[C@@]1(C(=O)O)CCCN(C(=O)c2csc(C(C)C)c2)C1. The first-order chi connectivity index (χ1) is 11.4. The minimum atomic E-state index is -0.844. The Morgan fingerprint density at radius 3 is 2.79 bits per heavy atom. The maximum atomic E-state index is 12.8. The zero-order valence-corrected chi connectivity index (χ0v) is 15.5. The van der Waals surface area contributed by atoms with Crippen LogP contribution < -0.4 is 0 Å². The lowest BCUT2D eigenvalue weighted by Crippen LogP contribution is -2.50. The molecule has 0 aromatic carbocycles. The molecule has 1 N–H and O–H groups in total. The molecule has 2 rings (SSSR count). The van der Waals surface area contributed by atoms with Gasteiger partial charge < -0.3 is 14.7 Å². The molecule has 0 unspecified atom stereocenters. The van der Waals surface area contributed by atoms with Crippen molar-refractivity contribution in [3.8, 4) is 0 Å². The van der Waals surface area contributed by atoms with Crippen LogP contribution in [-0.2, 0) is 9.53 Å². The fraction of sp³-hybridized carbons (Fsp3) is 0.667. The van der Waals surface area contributed by atoms with Crippen molar-refractivity contribution < 1.29 is 19.4 Å². The maximum absolute atomic E-state index is 12.8. The van der Waals surface area contributed by atoms with Gasteiger partial charge in [-0.05, 0) is 37.7 Å². The predicted molar refractivity (Wildman–Crippen MR) is 94.7 cm³/mol. The van der Waals surface area contributed by atoms with Crippen LogP contribution >= 0.6 is 11.3 Å². The minimum Gasteiger partial charge on any atom is -0.481 e. The van der Waals surface area contributed by atoms with Crippen molar-refractivity contribution in [2.75, 3.05) is 26.8 Å². The Labute approximate surface area is 147 Å². The number of amides is 1. The normalized spacial score (nSPS) is 21.2. The van der Waals surface area contributed by atoms with Crippen LogP contribution in [0.2, 0.25) is 0 Å². The first kappa shape index (κ1) is 18.9. The number of carboxylic acid groups (broad SMARTS) is 1. The first-order valence-electron chi connectivity index (χ1n) is 8.49. The molecule has 1 atom stereocenters. The molecule has 0 aliphatic carbocycles. The average Bonchev–Trinajstić information content (AvgIpc) is 3.05. The number of hydrogen-bond acceptors (Lipinski definition) is 4. The molecule has 5 nitrogen and oxygen atoms in total. The van der Waals surface area contributed by atoms with Crippen molar-refractivity contribution in [3.05, 3.63) is 21.9 Å². The zero-order chi connectivity index (χ0) is 17.7. The number of thiophene rings is 1. The number of rotatable bonds is 7. The number of piperidine rings is 1. The van der Waals surface area contributed by atoms with E-state index in [-0.39, 0.29) is 12.5 Å². The molecule has 1 aliphatic heterocycles. The van der Waals surface area contributed by atoms with E-state index in [9.17, 15) is 14.7 Å². The number of likely N-dealkylation sites (tertiary alicyclic amines) is 1. The van der Waals surface area contributed by atoms with Crippen molar-refractivity contribution in [2.24, 2.45) is 5.41 Å². The molecular formula is C18H27NO4S. The number of carbonyl (C=O) groups is 2. The van der Waals surface area contributed by atoms with E-state index < -0.39 is 11.4 Å². The van der Waals surface area contributed by atoms with Gasteiger partial charge in [0.1, 0.15) is 0 Å². The van der Waals surface area contributed by atoms with Crippen LogP contribution in [0.4, 0.5) is 0 Å². The van der Waals surface area contributed by atoms with E-state index in [4.69, 9.17) is 4.74 Å². The van der Waals surface area contributed by atoms with Crippen LogP contribution in [0, 0.1) is 5.41 Å². The fourth-order valence-corrected chi connectivity index (χ4v) is 4.19. The molecule has 0 radical (unpaired) electrons. The number of carbonyl (C=O) groups excluding carboxylic acids is 1. The highest BCUT2D eigenvalue weighted by molar-refractivity contribution is 7.10. The Kier molecular flexibility index (Phi) is 6.40. The van der Waals surface area contributed by atoms with Gasteiger partial charge in [0.15, 0.2) is 0 Å². The van der Waals surface area contributed by atoms with Gasteiger partial charge in [-0.25, -0.2) is 0 Å². The van der Waals surface area contributed by atoms with Gasteiger partial charge in [-0.1, -0.05) is 13.8 Å². The van der Waals surface area contributed by atoms with E-state index in [1.165, 1.54) is 4.88 Å². The van der Waals surface area contributed by atoms with Crippen molar-refractivity contribution in [1.29, 1.82) is 0 Å². The van der Waals surface area contributed by atoms with E-state index in [1.807, 2.05) is 11.4 Å². The molecule has 1 aliphatic rings. The number of ether oxygens (including phenoxy) is 1. The number of carboxylic acids is 1. The summed E-state index contributed by atoms with van der Waals surface area (Å²) in [6.07, 6.45) is 2.59. The highest BCUT2D eigenvalue weighted by atomic mass is 32.1. The molecule has 0 saturated carbocycles. The predicted octanol–water partition coefficient (Wildman–Crippen LogP) is 3.61. The molecule has 6 heteroatoms. The first-order valence-corrected chi connectivity index (χ1v) is 9.37. The van der Waals surface area contributed by atoms with Gasteiger partial charge in [0.05, 0.1) is 11.0 Å². The molecule has 1 amide bonds. The van der Waals surface area contributed by atoms with Gasteiger partial charge in [-0.15, -0.1) is 11.3 Å². The van der Waals surface area contributed by atoms with Crippen LogP contribution in [-0.4, -0.2) is 48.7 Å². The summed E-state index contributed by atoms with van der Waals surface area (Å²) in [6, 6.07) is 1.94. The molecule has 1 fully saturated rings. The highest BCUT2D eigenvalue weighted by Gasteiger charge is 2.43. The van der Waals surface area contributed by atoms with Crippen molar-refractivity contribution in [3.63, 3.8) is 0 Å². The molecule has 1 aromatic rings. The summed E-state index contributed by atoms with van der Waals surface area (Å²) in [7, 11) is 1.62. The Hall–Kier alpha value is -1.40. The quantitative estimate of drug-likeness (QED) is 0.761. The lowest BCUT2D eigenvalue weighted by atomic mass is 9.76. The van der Waals surface area contributed by atoms with Crippen molar-refractivity contribution in [2.45, 2.75) is 45.4 Å². The Balaban J connectivity index is 2.12.